The molecule has 110 valence electrons. The van der Waals surface area contributed by atoms with Crippen molar-refractivity contribution in [2.24, 2.45) is 23.7 Å². The summed E-state index contributed by atoms with van der Waals surface area (Å²) in [6.45, 7) is 0.389. The smallest absolute Gasteiger partial charge is 0.307 e. The fourth-order valence-electron chi connectivity index (χ4n) is 3.43. The van der Waals surface area contributed by atoms with E-state index in [-0.39, 0.29) is 17.7 Å². The number of hydrogen-bond donors (Lipinski definition) is 2. The number of nitrogens with one attached hydrogen (secondary N) is 1. The number of carbonyl (C=O) groups excluding carboxylic acids is 1. The summed E-state index contributed by atoms with van der Waals surface area (Å²) in [5, 5.41) is 12.8. The van der Waals surface area contributed by atoms with E-state index < -0.39 is 17.8 Å². The van der Waals surface area contributed by atoms with Crippen molar-refractivity contribution in [3.05, 3.63) is 47.0 Å². The van der Waals surface area contributed by atoms with Crippen molar-refractivity contribution in [1.29, 1.82) is 0 Å². The zero-order valence-electron chi connectivity index (χ0n) is 11.3. The van der Waals surface area contributed by atoms with Gasteiger partial charge in [0.2, 0.25) is 5.91 Å². The van der Waals surface area contributed by atoms with Crippen molar-refractivity contribution in [3.63, 3.8) is 0 Å². The summed E-state index contributed by atoms with van der Waals surface area (Å²) in [5.41, 5.74) is 0.943. The number of hydrogen-bond acceptors (Lipinski definition) is 2. The van der Waals surface area contributed by atoms with Gasteiger partial charge < -0.3 is 10.4 Å². The maximum atomic E-state index is 12.4. The second-order valence-corrected chi connectivity index (χ2v) is 6.12. The minimum atomic E-state index is -0.876. The first-order valence-electron chi connectivity index (χ1n) is 6.99. The molecule has 21 heavy (non-hydrogen) atoms. The van der Waals surface area contributed by atoms with Gasteiger partial charge >= 0.3 is 5.97 Å². The molecule has 1 amide bonds. The van der Waals surface area contributed by atoms with E-state index in [1.54, 1.807) is 12.1 Å². The van der Waals surface area contributed by atoms with Gasteiger partial charge in [0, 0.05) is 11.6 Å². The number of carbonyl (C=O) groups is 2. The van der Waals surface area contributed by atoms with E-state index in [0.29, 0.717) is 11.6 Å². The molecule has 0 saturated heterocycles. The molecule has 2 N–H and O–H groups in total. The first kappa shape index (κ1) is 14.1. The molecule has 0 spiro atoms. The highest BCUT2D eigenvalue weighted by Gasteiger charge is 2.51. The maximum Gasteiger partial charge on any atom is 0.307 e. The molecule has 0 aliphatic heterocycles. The van der Waals surface area contributed by atoms with Crippen LogP contribution >= 0.6 is 11.6 Å². The van der Waals surface area contributed by atoms with Gasteiger partial charge in [-0.3, -0.25) is 9.59 Å². The molecular weight excluding hydrogens is 290 g/mol. The summed E-state index contributed by atoms with van der Waals surface area (Å²) in [4.78, 5) is 23.7. The Labute approximate surface area is 127 Å². The van der Waals surface area contributed by atoms with Crippen molar-refractivity contribution >= 4 is 23.5 Å². The van der Waals surface area contributed by atoms with Crippen LogP contribution in [0.4, 0.5) is 0 Å². The van der Waals surface area contributed by atoms with Gasteiger partial charge in [0.05, 0.1) is 11.8 Å². The van der Waals surface area contributed by atoms with Crippen LogP contribution in [-0.4, -0.2) is 17.0 Å². The predicted octanol–water partition coefficient (Wildman–Crippen LogP) is 2.48. The lowest BCUT2D eigenvalue weighted by Gasteiger charge is -2.23. The lowest BCUT2D eigenvalue weighted by molar-refractivity contribution is -0.147. The van der Waals surface area contributed by atoms with Crippen molar-refractivity contribution in [2.75, 3.05) is 0 Å². The first-order chi connectivity index (χ1) is 10.1. The Balaban J connectivity index is 1.66. The molecule has 1 fully saturated rings. The normalized spacial score (nSPS) is 29.6. The van der Waals surface area contributed by atoms with E-state index in [4.69, 9.17) is 11.6 Å². The summed E-state index contributed by atoms with van der Waals surface area (Å²) in [5.74, 6) is -2.04. The molecule has 2 aliphatic rings. The number of rotatable bonds is 4. The zero-order valence-corrected chi connectivity index (χ0v) is 12.1. The molecule has 1 aromatic carbocycles. The fraction of sp³-hybridized carbons (Fsp3) is 0.375. The Morgan fingerprint density at radius 3 is 2.38 bits per heavy atom. The summed E-state index contributed by atoms with van der Waals surface area (Å²) in [6.07, 6.45) is 4.69. The minimum Gasteiger partial charge on any atom is -0.481 e. The predicted molar refractivity (Wildman–Crippen MR) is 78.7 cm³/mol. The lowest BCUT2D eigenvalue weighted by Crippen LogP contribution is -2.39. The van der Waals surface area contributed by atoms with Crippen LogP contribution < -0.4 is 5.32 Å². The fourth-order valence-corrected chi connectivity index (χ4v) is 3.55. The van der Waals surface area contributed by atoms with E-state index >= 15 is 0 Å². The van der Waals surface area contributed by atoms with Crippen LogP contribution in [0, 0.1) is 23.7 Å². The van der Waals surface area contributed by atoms with Crippen LogP contribution in [0.3, 0.4) is 0 Å². The average Bonchev–Trinajstić information content (AvgIpc) is 3.06. The van der Waals surface area contributed by atoms with Crippen LogP contribution in [0.25, 0.3) is 0 Å². The maximum absolute atomic E-state index is 12.4. The van der Waals surface area contributed by atoms with E-state index in [1.807, 2.05) is 24.3 Å². The number of fused-ring (bicyclic) bond motifs is 2. The van der Waals surface area contributed by atoms with E-state index in [2.05, 4.69) is 5.32 Å². The third-order valence-corrected chi connectivity index (χ3v) is 4.68. The monoisotopic (exact) mass is 305 g/mol. The third kappa shape index (κ3) is 2.68. The molecule has 4 atom stereocenters. The summed E-state index contributed by atoms with van der Waals surface area (Å²) in [7, 11) is 0. The highest BCUT2D eigenvalue weighted by molar-refractivity contribution is 6.30. The number of aliphatic carboxylic acids is 1. The van der Waals surface area contributed by atoms with Gasteiger partial charge in [-0.05, 0) is 36.0 Å². The molecule has 1 saturated carbocycles. The van der Waals surface area contributed by atoms with Crippen molar-refractivity contribution < 1.29 is 14.7 Å². The SMILES string of the molecule is O=C(NCc1ccc(Cl)cc1)[C@@H]1[C@H](C(=O)O)[C@H]2C=C[C@H]1C2. The van der Waals surface area contributed by atoms with E-state index in [9.17, 15) is 14.7 Å². The molecule has 0 heterocycles. The molecule has 3 rings (SSSR count). The van der Waals surface area contributed by atoms with Crippen LogP contribution in [-0.2, 0) is 16.1 Å². The summed E-state index contributed by atoms with van der Waals surface area (Å²) < 4.78 is 0. The topological polar surface area (TPSA) is 66.4 Å². The Morgan fingerprint density at radius 1 is 1.14 bits per heavy atom. The van der Waals surface area contributed by atoms with Crippen LogP contribution in [0.5, 0.6) is 0 Å². The van der Waals surface area contributed by atoms with Crippen molar-refractivity contribution in [3.8, 4) is 0 Å². The lowest BCUT2D eigenvalue weighted by atomic mass is 9.82. The largest absolute Gasteiger partial charge is 0.481 e. The van der Waals surface area contributed by atoms with Crippen LogP contribution in [0.15, 0.2) is 36.4 Å². The average molecular weight is 306 g/mol. The minimum absolute atomic E-state index is 0.00113. The zero-order chi connectivity index (χ0) is 15.0. The number of carboxylic acids is 1. The molecule has 0 unspecified atom stereocenters. The third-order valence-electron chi connectivity index (χ3n) is 4.43. The highest BCUT2D eigenvalue weighted by Crippen LogP contribution is 2.48. The van der Waals surface area contributed by atoms with Gasteiger partial charge in [-0.1, -0.05) is 35.9 Å². The molecule has 5 heteroatoms. The second-order valence-electron chi connectivity index (χ2n) is 5.68. The molecule has 0 aromatic heterocycles. The Kier molecular flexibility index (Phi) is 3.72. The van der Waals surface area contributed by atoms with Gasteiger partial charge in [-0.2, -0.15) is 0 Å². The second kappa shape index (κ2) is 5.53. The molecule has 2 aliphatic carbocycles. The molecule has 1 aromatic rings. The van der Waals surface area contributed by atoms with Gasteiger partial charge in [-0.15, -0.1) is 0 Å². The van der Waals surface area contributed by atoms with E-state index in [1.165, 1.54) is 0 Å². The van der Waals surface area contributed by atoms with E-state index in [0.717, 1.165) is 12.0 Å². The van der Waals surface area contributed by atoms with Crippen LogP contribution in [0.1, 0.15) is 12.0 Å². The molecular formula is C16H16ClNO3. The standard InChI is InChI=1S/C16H16ClNO3/c17-12-5-1-9(2-6-12)8-18-15(19)13-10-3-4-11(7-10)14(13)16(20)21/h1-6,10-11,13-14H,7-8H2,(H,18,19)(H,20,21)/t10-,11-,13-,14+/m0/s1. The summed E-state index contributed by atoms with van der Waals surface area (Å²) in [6, 6.07) is 7.22. The van der Waals surface area contributed by atoms with Crippen molar-refractivity contribution in [2.45, 2.75) is 13.0 Å². The van der Waals surface area contributed by atoms with Crippen molar-refractivity contribution in [1.82, 2.24) is 5.32 Å². The Hall–Kier alpha value is -1.81. The Morgan fingerprint density at radius 2 is 1.76 bits per heavy atom. The van der Waals surface area contributed by atoms with Crippen LogP contribution in [0.2, 0.25) is 5.02 Å². The van der Waals surface area contributed by atoms with Gasteiger partial charge in [0.1, 0.15) is 0 Å². The highest BCUT2D eigenvalue weighted by atomic mass is 35.5. The first-order valence-corrected chi connectivity index (χ1v) is 7.37. The summed E-state index contributed by atoms with van der Waals surface area (Å²) >= 11 is 5.81. The molecule has 4 nitrogen and oxygen atoms in total. The number of benzene rings is 1. The molecule has 0 radical (unpaired) electrons. The number of amides is 1. The molecule has 2 bridgehead atoms. The number of allylic oxidation sites excluding steroid dienone is 2. The quantitative estimate of drug-likeness (QED) is 0.840. The number of carboxylic acid groups (broad SMARTS) is 1. The number of halogens is 1. The Bertz CT molecular complexity index is 596. The van der Waals surface area contributed by atoms with Gasteiger partial charge in [0.15, 0.2) is 0 Å². The van der Waals surface area contributed by atoms with Gasteiger partial charge in [0.25, 0.3) is 0 Å². The van der Waals surface area contributed by atoms with Gasteiger partial charge in [-0.25, -0.2) is 0 Å².